The topological polar surface area (TPSA) is 61.9 Å². The summed E-state index contributed by atoms with van der Waals surface area (Å²) in [7, 11) is 0. The zero-order chi connectivity index (χ0) is 20.1. The van der Waals surface area contributed by atoms with E-state index in [1.165, 1.54) is 12.8 Å². The van der Waals surface area contributed by atoms with Crippen molar-refractivity contribution < 1.29 is 14.3 Å². The van der Waals surface area contributed by atoms with E-state index in [4.69, 9.17) is 4.74 Å². The zero-order valence-corrected chi connectivity index (χ0v) is 17.3. The maximum Gasteiger partial charge on any atom is 0.254 e. The fourth-order valence-electron chi connectivity index (χ4n) is 4.88. The number of fused-ring (bicyclic) bond motifs is 2. The Bertz CT molecular complexity index is 736. The highest BCUT2D eigenvalue weighted by Gasteiger charge is 2.26. The fraction of sp³-hybridized carbons (Fsp3) is 0.652. The first-order chi connectivity index (χ1) is 14.2. The van der Waals surface area contributed by atoms with E-state index in [1.54, 1.807) is 0 Å². The number of benzene rings is 1. The summed E-state index contributed by atoms with van der Waals surface area (Å²) < 4.78 is 5.57. The van der Waals surface area contributed by atoms with E-state index >= 15 is 0 Å². The summed E-state index contributed by atoms with van der Waals surface area (Å²) in [5.74, 6) is 0.301. The molecule has 1 N–H and O–H groups in total. The Kier molecular flexibility index (Phi) is 6.82. The van der Waals surface area contributed by atoms with E-state index < -0.39 is 0 Å². The number of hydrogen-bond acceptors (Lipinski definition) is 4. The number of carbonyl (C=O) groups is 2. The van der Waals surface area contributed by atoms with E-state index in [9.17, 15) is 9.59 Å². The number of carbonyl (C=O) groups excluding carboxylic acids is 2. The van der Waals surface area contributed by atoms with E-state index in [0.29, 0.717) is 32.2 Å². The molecule has 1 unspecified atom stereocenters. The van der Waals surface area contributed by atoms with Crippen molar-refractivity contribution in [2.75, 3.05) is 32.7 Å². The van der Waals surface area contributed by atoms with Gasteiger partial charge in [0.25, 0.3) is 5.91 Å². The normalized spacial score (nSPS) is 24.5. The van der Waals surface area contributed by atoms with Gasteiger partial charge in [-0.15, -0.1) is 0 Å². The van der Waals surface area contributed by atoms with E-state index in [1.807, 2.05) is 17.0 Å². The Hall–Kier alpha value is -1.92. The molecule has 4 rings (SSSR count). The number of ether oxygens (including phenoxy) is 1. The highest BCUT2D eigenvalue weighted by atomic mass is 16.5. The lowest BCUT2D eigenvalue weighted by Gasteiger charge is -2.36. The lowest BCUT2D eigenvalue weighted by molar-refractivity contribution is -0.122. The van der Waals surface area contributed by atoms with Gasteiger partial charge < -0.3 is 15.0 Å². The zero-order valence-electron chi connectivity index (χ0n) is 17.3. The molecule has 29 heavy (non-hydrogen) atoms. The molecule has 0 aliphatic carbocycles. The van der Waals surface area contributed by atoms with Gasteiger partial charge in [-0.05, 0) is 55.8 Å². The highest BCUT2D eigenvalue weighted by Crippen LogP contribution is 2.25. The monoisotopic (exact) mass is 399 g/mol. The Labute approximate surface area is 173 Å². The number of nitrogens with one attached hydrogen (secondary N) is 1. The van der Waals surface area contributed by atoms with Gasteiger partial charge in [-0.3, -0.25) is 14.5 Å². The number of rotatable bonds is 1. The van der Waals surface area contributed by atoms with Crippen molar-refractivity contribution in [1.82, 2.24) is 15.1 Å². The molecule has 6 heteroatoms. The third-order valence-corrected chi connectivity index (χ3v) is 6.52. The molecule has 0 radical (unpaired) electrons. The van der Waals surface area contributed by atoms with Crippen LogP contribution in [0.2, 0.25) is 0 Å². The lowest BCUT2D eigenvalue weighted by atomic mass is 9.98. The Morgan fingerprint density at radius 3 is 2.76 bits per heavy atom. The van der Waals surface area contributed by atoms with Crippen LogP contribution in [0.3, 0.4) is 0 Å². The largest absolute Gasteiger partial charge is 0.372 e. The molecule has 6 nitrogen and oxygen atoms in total. The fourth-order valence-corrected chi connectivity index (χ4v) is 4.88. The number of piperidine rings is 1. The molecular formula is C23H33N3O3. The molecule has 1 atom stereocenters. The van der Waals surface area contributed by atoms with Crippen LogP contribution in [0.1, 0.15) is 66.4 Å². The van der Waals surface area contributed by atoms with Gasteiger partial charge >= 0.3 is 0 Å². The summed E-state index contributed by atoms with van der Waals surface area (Å²) in [6.07, 6.45) is 6.89. The van der Waals surface area contributed by atoms with Crippen molar-refractivity contribution in [2.24, 2.45) is 0 Å². The van der Waals surface area contributed by atoms with Crippen LogP contribution >= 0.6 is 0 Å². The van der Waals surface area contributed by atoms with Crippen molar-refractivity contribution >= 4 is 11.8 Å². The summed E-state index contributed by atoms with van der Waals surface area (Å²) >= 11 is 0. The summed E-state index contributed by atoms with van der Waals surface area (Å²) in [5, 5.41) is 3.08. The second-order valence-electron chi connectivity index (χ2n) is 8.53. The summed E-state index contributed by atoms with van der Waals surface area (Å²) in [6, 6.07) is 6.31. The van der Waals surface area contributed by atoms with Crippen LogP contribution in [0.15, 0.2) is 18.2 Å². The van der Waals surface area contributed by atoms with E-state index in [2.05, 4.69) is 16.3 Å². The van der Waals surface area contributed by atoms with Gasteiger partial charge in [0, 0.05) is 44.2 Å². The van der Waals surface area contributed by atoms with Crippen LogP contribution in [-0.2, 0) is 22.7 Å². The average Bonchev–Trinajstić information content (AvgIpc) is 3.21. The maximum absolute atomic E-state index is 13.4. The van der Waals surface area contributed by atoms with Crippen molar-refractivity contribution in [1.29, 1.82) is 0 Å². The molecule has 0 spiro atoms. The van der Waals surface area contributed by atoms with Gasteiger partial charge in [0.2, 0.25) is 5.91 Å². The van der Waals surface area contributed by atoms with Crippen LogP contribution in [0.5, 0.6) is 0 Å². The Balaban J connectivity index is 1.46. The van der Waals surface area contributed by atoms with Gasteiger partial charge in [-0.1, -0.05) is 18.6 Å². The van der Waals surface area contributed by atoms with Gasteiger partial charge in [0.1, 0.15) is 0 Å². The van der Waals surface area contributed by atoms with E-state index in [-0.39, 0.29) is 11.8 Å². The summed E-state index contributed by atoms with van der Waals surface area (Å²) in [4.78, 5) is 30.1. The molecule has 2 fully saturated rings. The van der Waals surface area contributed by atoms with Crippen molar-refractivity contribution in [3.05, 3.63) is 34.9 Å². The minimum Gasteiger partial charge on any atom is -0.372 e. The van der Waals surface area contributed by atoms with Crippen LogP contribution < -0.4 is 5.32 Å². The standard InChI is InChI=1S/C23H33N3O3/c27-22-15-19-8-1-3-11-25(19)13-6-14-26(12-4-2-10-24-22)23(28)20-9-5-7-18-16-29-17-21(18)20/h5,7,9,19H,1-4,6,8,10-17H2,(H,24,27). The Morgan fingerprint density at radius 1 is 1.00 bits per heavy atom. The average molecular weight is 400 g/mol. The van der Waals surface area contributed by atoms with Crippen LogP contribution in [0.25, 0.3) is 0 Å². The SMILES string of the molecule is O=C1CC2CCCCN2CCCN(C(=O)c2cccc3c2COC3)CCCCN1. The Morgan fingerprint density at radius 2 is 1.83 bits per heavy atom. The molecule has 3 heterocycles. The van der Waals surface area contributed by atoms with Crippen LogP contribution in [-0.4, -0.2) is 60.4 Å². The maximum atomic E-state index is 13.4. The van der Waals surface area contributed by atoms with Gasteiger partial charge in [0.05, 0.1) is 13.2 Å². The third-order valence-electron chi connectivity index (χ3n) is 6.52. The molecule has 0 aromatic heterocycles. The van der Waals surface area contributed by atoms with Gasteiger partial charge in [-0.2, -0.15) is 0 Å². The molecule has 3 aliphatic heterocycles. The quantitative estimate of drug-likeness (QED) is 0.789. The summed E-state index contributed by atoms with van der Waals surface area (Å²) in [6.45, 7) is 5.37. The number of nitrogens with zero attached hydrogens (tertiary/aromatic N) is 2. The third kappa shape index (κ3) is 4.98. The second kappa shape index (κ2) is 9.72. The molecule has 0 saturated carbocycles. The minimum absolute atomic E-state index is 0.126. The van der Waals surface area contributed by atoms with Crippen molar-refractivity contribution in [3.63, 3.8) is 0 Å². The first-order valence-electron chi connectivity index (χ1n) is 11.2. The van der Waals surface area contributed by atoms with Crippen LogP contribution in [0.4, 0.5) is 0 Å². The number of amides is 2. The molecule has 2 amide bonds. The molecular weight excluding hydrogens is 366 g/mol. The molecule has 158 valence electrons. The predicted molar refractivity (Wildman–Crippen MR) is 112 cm³/mol. The van der Waals surface area contributed by atoms with Crippen molar-refractivity contribution in [3.8, 4) is 0 Å². The smallest absolute Gasteiger partial charge is 0.254 e. The molecule has 1 aromatic carbocycles. The highest BCUT2D eigenvalue weighted by molar-refractivity contribution is 5.96. The minimum atomic E-state index is 0.126. The first-order valence-corrected chi connectivity index (χ1v) is 11.2. The number of hydrogen-bond donors (Lipinski definition) is 1. The predicted octanol–water partition coefficient (Wildman–Crippen LogP) is 2.70. The molecule has 3 aliphatic rings. The van der Waals surface area contributed by atoms with E-state index in [0.717, 1.165) is 68.6 Å². The van der Waals surface area contributed by atoms with Gasteiger partial charge in [-0.25, -0.2) is 0 Å². The lowest BCUT2D eigenvalue weighted by Crippen LogP contribution is -2.44. The van der Waals surface area contributed by atoms with Crippen molar-refractivity contribution in [2.45, 2.75) is 64.2 Å². The van der Waals surface area contributed by atoms with Gasteiger partial charge in [0.15, 0.2) is 0 Å². The first kappa shape index (κ1) is 20.4. The summed E-state index contributed by atoms with van der Waals surface area (Å²) in [5.41, 5.74) is 3.00. The molecule has 2 saturated heterocycles. The molecule has 0 bridgehead atoms. The van der Waals surface area contributed by atoms with Crippen LogP contribution in [0, 0.1) is 0 Å². The molecule has 1 aromatic rings. The second-order valence-corrected chi connectivity index (χ2v) is 8.53.